The van der Waals surface area contributed by atoms with Gasteiger partial charge in [-0.25, -0.2) is 0 Å². The third kappa shape index (κ3) is 15.9. The first-order valence-electron chi connectivity index (χ1n) is 22.3. The Balaban J connectivity index is 2.23. The van der Waals surface area contributed by atoms with Crippen molar-refractivity contribution in [1.82, 2.24) is 41.7 Å². The number of nitrogens with two attached hydrogens (primary N) is 2. The van der Waals surface area contributed by atoms with E-state index in [1.807, 2.05) is 13.8 Å². The summed E-state index contributed by atoms with van der Waals surface area (Å²) in [5, 5.41) is 46.8. The molecule has 69 heavy (non-hydrogen) atoms. The Labute approximate surface area is 407 Å². The molecule has 0 radical (unpaired) electrons. The van der Waals surface area contributed by atoms with Crippen LogP contribution in [0.1, 0.15) is 72.3 Å². The quantitative estimate of drug-likeness (QED) is 0.0919. The van der Waals surface area contributed by atoms with E-state index >= 15 is 0 Å². The number of nitrogens with one attached hydrogen (secondary N) is 6. The van der Waals surface area contributed by atoms with Gasteiger partial charge in [0.05, 0.1) is 29.6 Å². The van der Waals surface area contributed by atoms with Crippen LogP contribution in [0, 0.1) is 11.8 Å². The number of amides is 10. The second-order valence-corrected chi connectivity index (χ2v) is 18.3. The summed E-state index contributed by atoms with van der Waals surface area (Å²) in [4.78, 5) is 138. The number of aromatic hydroxyl groups is 1. The maximum absolute atomic E-state index is 14.5. The largest absolute Gasteiger partial charge is 0.507 e. The number of methoxy groups -OCH3 is 1. The number of ether oxygens (including phenoxy) is 1. The van der Waals surface area contributed by atoms with Crippen LogP contribution in [-0.4, -0.2) is 166 Å². The third-order valence-electron chi connectivity index (χ3n) is 12.0. The van der Waals surface area contributed by atoms with Crippen molar-refractivity contribution < 1.29 is 68.0 Å². The van der Waals surface area contributed by atoms with E-state index in [9.17, 15) is 63.3 Å². The van der Waals surface area contributed by atoms with Crippen LogP contribution in [0.25, 0.3) is 0 Å². The van der Waals surface area contributed by atoms with Gasteiger partial charge in [0.25, 0.3) is 11.8 Å². The summed E-state index contributed by atoms with van der Waals surface area (Å²) >= 11 is 3.22. The summed E-state index contributed by atoms with van der Waals surface area (Å²) in [5.74, 6) is -11.4. The predicted octanol–water partition coefficient (Wildman–Crippen LogP) is -3.21. The van der Waals surface area contributed by atoms with Crippen molar-refractivity contribution in [2.75, 3.05) is 27.2 Å². The van der Waals surface area contributed by atoms with Gasteiger partial charge in [-0.3, -0.25) is 47.9 Å². The van der Waals surface area contributed by atoms with Crippen LogP contribution in [0.4, 0.5) is 0 Å². The van der Waals surface area contributed by atoms with Gasteiger partial charge in [0, 0.05) is 27.1 Å². The molecule has 11 atom stereocenters. The second-order valence-electron chi connectivity index (χ2n) is 17.5. The van der Waals surface area contributed by atoms with E-state index in [0.717, 1.165) is 22.9 Å². The van der Waals surface area contributed by atoms with E-state index in [1.165, 1.54) is 39.2 Å². The van der Waals surface area contributed by atoms with Gasteiger partial charge in [0.2, 0.25) is 47.3 Å². The molecule has 24 nitrogen and oxygen atoms in total. The Bertz CT molecular complexity index is 2140. The van der Waals surface area contributed by atoms with E-state index in [2.05, 4.69) is 47.8 Å². The molecule has 2 heterocycles. The standard InChI is InChI=1S/C44H65BrN10O14/c1-8-20(3)10-12-26-35(59)42(66)48-25(9-2)43(67)54(6)19-32(58)52-34(36(60)37(47)61)41(65)53-33(22(5)69-7)44(68)55-18-21(4)14-29(55)40(64)51-27(16-23-11-13-30(56)24(45)15-23)38(62)50-28(17-31(46)57)39(63)49-26/h9,11,13,15,20-22,26-29,33-36,56,59-60H,8,10,12,14,16-19H2,1-7H3,(H2,46,57)(H2,47,61)(H,48,66)(H,49,63)(H,50,62)(H,51,64)(H,52,58)(H,53,65). The zero-order valence-corrected chi connectivity index (χ0v) is 41.2. The minimum atomic E-state index is -2.38. The Hall–Kier alpha value is -6.18. The SMILES string of the molecule is CC=C1NC(=O)C(O)C(CCC(C)CC)NC(=O)C(CC(N)=O)NC(=O)C(Cc2ccc(O)c(Br)c2)NC(=O)C2CC(C)CN2C(=O)C(C(C)OC)NC(=O)C(C(O)C(N)=O)NC(=O)CN(C)C1=O. The van der Waals surface area contributed by atoms with Crippen molar-refractivity contribution in [3.05, 3.63) is 40.0 Å². The number of carbonyl (C=O) groups is 10. The number of fused-ring (bicyclic) bond motifs is 1. The Morgan fingerprint density at radius 2 is 1.57 bits per heavy atom. The number of aliphatic hydroxyl groups excluding tert-OH is 2. The average molecular weight is 1040 g/mol. The Morgan fingerprint density at radius 1 is 0.928 bits per heavy atom. The van der Waals surface area contributed by atoms with Crippen LogP contribution in [-0.2, 0) is 59.1 Å². The lowest BCUT2D eigenvalue weighted by Gasteiger charge is -2.33. The fourth-order valence-electron chi connectivity index (χ4n) is 7.61. The molecule has 11 unspecified atom stereocenters. The van der Waals surface area contributed by atoms with Crippen molar-refractivity contribution >= 4 is 75.0 Å². The Morgan fingerprint density at radius 3 is 2.14 bits per heavy atom. The lowest BCUT2D eigenvalue weighted by molar-refractivity contribution is -0.146. The molecule has 2 aliphatic rings. The molecule has 0 saturated carbocycles. The summed E-state index contributed by atoms with van der Waals surface area (Å²) < 4.78 is 5.64. The number of aliphatic hydroxyl groups is 2. The maximum Gasteiger partial charge on any atom is 0.270 e. The summed E-state index contributed by atoms with van der Waals surface area (Å²) in [6.07, 6.45) is -4.47. The zero-order chi connectivity index (χ0) is 52.0. The van der Waals surface area contributed by atoms with Crippen molar-refractivity contribution in [1.29, 1.82) is 0 Å². The number of rotatable bonds is 12. The molecule has 0 spiro atoms. The first-order valence-corrected chi connectivity index (χ1v) is 23.1. The summed E-state index contributed by atoms with van der Waals surface area (Å²) in [6, 6.07) is -5.56. The molecule has 2 fully saturated rings. The van der Waals surface area contributed by atoms with Crippen LogP contribution in [0.3, 0.4) is 0 Å². The highest BCUT2D eigenvalue weighted by Crippen LogP contribution is 2.27. The van der Waals surface area contributed by atoms with Gasteiger partial charge in [-0.2, -0.15) is 0 Å². The summed E-state index contributed by atoms with van der Waals surface area (Å²) in [5.41, 5.74) is 10.8. The van der Waals surface area contributed by atoms with E-state index in [-0.39, 0.29) is 47.9 Å². The fourth-order valence-corrected chi connectivity index (χ4v) is 8.04. The molecule has 13 N–H and O–H groups in total. The van der Waals surface area contributed by atoms with Crippen LogP contribution >= 0.6 is 15.9 Å². The molecule has 25 heteroatoms. The average Bonchev–Trinajstić information content (AvgIpc) is 3.70. The molecule has 382 valence electrons. The third-order valence-corrected chi connectivity index (χ3v) is 12.6. The van der Waals surface area contributed by atoms with E-state index in [1.54, 1.807) is 6.92 Å². The maximum atomic E-state index is 14.5. The van der Waals surface area contributed by atoms with Crippen LogP contribution in [0.5, 0.6) is 5.75 Å². The molecule has 2 saturated heterocycles. The van der Waals surface area contributed by atoms with Crippen molar-refractivity contribution in [2.45, 2.75) is 128 Å². The highest BCUT2D eigenvalue weighted by atomic mass is 79.9. The van der Waals surface area contributed by atoms with Crippen molar-refractivity contribution in [2.24, 2.45) is 23.3 Å². The molecular weight excluding hydrogens is 972 g/mol. The summed E-state index contributed by atoms with van der Waals surface area (Å²) in [6.45, 7) is 7.36. The molecule has 0 aromatic heterocycles. The van der Waals surface area contributed by atoms with Crippen molar-refractivity contribution in [3.63, 3.8) is 0 Å². The number of carbonyl (C=O) groups excluding carboxylic acids is 10. The van der Waals surface area contributed by atoms with Crippen LogP contribution < -0.4 is 43.4 Å². The van der Waals surface area contributed by atoms with Gasteiger partial charge in [0.1, 0.15) is 41.7 Å². The van der Waals surface area contributed by atoms with Gasteiger partial charge < -0.3 is 73.2 Å². The number of phenolic OH excluding ortho intramolecular Hbond substituents is 1. The number of benzene rings is 1. The van der Waals surface area contributed by atoms with Gasteiger partial charge >= 0.3 is 0 Å². The monoisotopic (exact) mass is 1040 g/mol. The number of primary amides is 2. The number of nitrogens with zero attached hydrogens (tertiary/aromatic N) is 2. The number of phenols is 1. The van der Waals surface area contributed by atoms with Crippen molar-refractivity contribution in [3.8, 4) is 5.75 Å². The number of hydrogen-bond acceptors (Lipinski definition) is 14. The fraction of sp³-hybridized carbons (Fsp3) is 0.591. The minimum absolute atomic E-state index is 0.0227. The highest BCUT2D eigenvalue weighted by molar-refractivity contribution is 9.10. The number of allylic oxidation sites excluding steroid dienone is 1. The number of hydrogen-bond donors (Lipinski definition) is 11. The lowest BCUT2D eigenvalue weighted by Crippen LogP contribution is -2.64. The van der Waals surface area contributed by atoms with Crippen LogP contribution in [0.2, 0.25) is 0 Å². The van der Waals surface area contributed by atoms with E-state index in [0.29, 0.717) is 18.4 Å². The minimum Gasteiger partial charge on any atom is -0.507 e. The normalized spacial score (nSPS) is 27.3. The molecule has 0 aliphatic carbocycles. The predicted molar refractivity (Wildman–Crippen MR) is 248 cm³/mol. The highest BCUT2D eigenvalue weighted by Gasteiger charge is 2.45. The zero-order valence-electron chi connectivity index (χ0n) is 39.6. The topological polar surface area (TPSA) is 371 Å². The number of likely N-dealkylation sites (N-methyl/N-ethyl adjacent to an activating group) is 1. The summed E-state index contributed by atoms with van der Waals surface area (Å²) in [7, 11) is 2.35. The van der Waals surface area contributed by atoms with E-state index < -0.39 is 132 Å². The number of halogens is 1. The smallest absolute Gasteiger partial charge is 0.270 e. The van der Waals surface area contributed by atoms with E-state index in [4.69, 9.17) is 16.2 Å². The molecule has 1 aromatic carbocycles. The second kappa shape index (κ2) is 26.0. The lowest BCUT2D eigenvalue weighted by atomic mass is 9.95. The molecule has 1 aromatic rings. The first-order chi connectivity index (χ1) is 32.3. The molecule has 2 aliphatic heterocycles. The van der Waals surface area contributed by atoms with Gasteiger partial charge in [-0.1, -0.05) is 39.3 Å². The van der Waals surface area contributed by atoms with Gasteiger partial charge in [-0.05, 0) is 78.6 Å². The molecule has 10 amide bonds. The molecule has 0 bridgehead atoms. The Kier molecular flexibility index (Phi) is 21.5. The van der Waals surface area contributed by atoms with Gasteiger partial charge in [-0.15, -0.1) is 0 Å². The van der Waals surface area contributed by atoms with Gasteiger partial charge in [0.15, 0.2) is 12.2 Å². The first kappa shape index (κ1) is 57.1. The van der Waals surface area contributed by atoms with Crippen LogP contribution in [0.15, 0.2) is 34.4 Å². The molecular formula is C44H65BrN10O14. The molecule has 3 rings (SSSR count).